The molecule has 0 bridgehead atoms. The second-order valence-electron chi connectivity index (χ2n) is 9.84. The van der Waals surface area contributed by atoms with Crippen LogP contribution in [-0.2, 0) is 20.1 Å². The van der Waals surface area contributed by atoms with E-state index in [1.807, 2.05) is 16.7 Å². The fraction of sp³-hybridized carbons (Fsp3) is 0.194. The molecule has 0 amide bonds. The predicted octanol–water partition coefficient (Wildman–Crippen LogP) is 8.91. The molecule has 6 aromatic rings. The molecule has 0 unspecified atom stereocenters. The molecule has 37 heavy (non-hydrogen) atoms. The van der Waals surface area contributed by atoms with E-state index in [0.29, 0.717) is 33.6 Å². The summed E-state index contributed by atoms with van der Waals surface area (Å²) in [6, 6.07) is 22.6. The quantitative estimate of drug-likeness (QED) is 0.175. The van der Waals surface area contributed by atoms with Crippen molar-refractivity contribution in [3.8, 4) is 17.1 Å². The van der Waals surface area contributed by atoms with Gasteiger partial charge in [-0.15, -0.1) is 18.2 Å². The van der Waals surface area contributed by atoms with Crippen LogP contribution < -0.4 is 0 Å². The van der Waals surface area contributed by atoms with Gasteiger partial charge in [0.15, 0.2) is 0 Å². The van der Waals surface area contributed by atoms with Gasteiger partial charge >= 0.3 is 0 Å². The molecule has 0 fully saturated rings. The Balaban J connectivity index is 0.00000280. The van der Waals surface area contributed by atoms with Gasteiger partial charge in [-0.3, -0.25) is 4.98 Å². The van der Waals surface area contributed by atoms with E-state index in [4.69, 9.17) is 9.40 Å². The number of imidazole rings is 1. The summed E-state index contributed by atoms with van der Waals surface area (Å²) in [6.45, 7) is 8.62. The first-order chi connectivity index (χ1) is 17.3. The maximum atomic E-state index is 14.6. The van der Waals surface area contributed by atoms with E-state index < -0.39 is 0 Å². The summed E-state index contributed by atoms with van der Waals surface area (Å²) in [5.74, 6) is 0.376. The van der Waals surface area contributed by atoms with Crippen LogP contribution in [0.3, 0.4) is 0 Å². The fourth-order valence-electron chi connectivity index (χ4n) is 5.09. The van der Waals surface area contributed by atoms with Gasteiger partial charge < -0.3 is 8.98 Å². The summed E-state index contributed by atoms with van der Waals surface area (Å²) >= 11 is 0. The summed E-state index contributed by atoms with van der Waals surface area (Å²) in [5.41, 5.74) is 6.31. The molecule has 2 heterocycles. The van der Waals surface area contributed by atoms with Crippen molar-refractivity contribution >= 4 is 33.0 Å². The van der Waals surface area contributed by atoms with Crippen molar-refractivity contribution in [3.05, 3.63) is 95.6 Å². The van der Waals surface area contributed by atoms with Gasteiger partial charge in [0.2, 0.25) is 0 Å². The van der Waals surface area contributed by atoms with Crippen LogP contribution in [-0.4, -0.2) is 9.55 Å². The topological polar surface area (TPSA) is 31.0 Å². The maximum absolute atomic E-state index is 14.6. The average molecular weight is 672 g/mol. The maximum Gasteiger partial charge on any atom is 0.126 e. The zero-order valence-electron chi connectivity index (χ0n) is 20.9. The number of halogens is 2. The Bertz CT molecular complexity index is 1760. The normalized spacial score (nSPS) is 11.8. The van der Waals surface area contributed by atoms with Crippen molar-refractivity contribution in [2.24, 2.45) is 0 Å². The van der Waals surface area contributed by atoms with E-state index in [2.05, 4.69) is 52.0 Å². The molecule has 0 spiro atoms. The van der Waals surface area contributed by atoms with E-state index in [9.17, 15) is 8.78 Å². The fourth-order valence-corrected chi connectivity index (χ4v) is 5.09. The Morgan fingerprint density at radius 2 is 1.51 bits per heavy atom. The van der Waals surface area contributed by atoms with E-state index >= 15 is 0 Å². The summed E-state index contributed by atoms with van der Waals surface area (Å²) in [7, 11) is 0. The molecule has 0 atom stereocenters. The molecule has 4 aromatic carbocycles. The third-order valence-corrected chi connectivity index (χ3v) is 6.80. The number of fused-ring (bicyclic) bond motifs is 4. The van der Waals surface area contributed by atoms with E-state index in [1.54, 1.807) is 12.1 Å². The van der Waals surface area contributed by atoms with Gasteiger partial charge in [0.25, 0.3) is 0 Å². The number of hydrogen-bond donors (Lipinski definition) is 0. The average Bonchev–Trinajstić information content (AvgIpc) is 3.40. The van der Waals surface area contributed by atoms with Crippen LogP contribution in [0.4, 0.5) is 8.78 Å². The molecular weight excluding hydrogens is 647 g/mol. The molecule has 0 saturated carbocycles. The molecule has 0 N–H and O–H groups in total. The second-order valence-corrected chi connectivity index (χ2v) is 9.84. The number of aromatic nitrogens is 2. The first-order valence-electron chi connectivity index (χ1n) is 12.2. The van der Waals surface area contributed by atoms with Crippen LogP contribution in [0.15, 0.2) is 71.1 Å². The largest absolute Gasteiger partial charge is 0.500 e. The number of rotatable bonds is 4. The summed E-state index contributed by atoms with van der Waals surface area (Å²) in [5, 5.41) is 1.67. The Kier molecular flexibility index (Phi) is 6.51. The van der Waals surface area contributed by atoms with Crippen LogP contribution in [0.2, 0.25) is 0 Å². The molecule has 0 saturated heterocycles. The Hall–Kier alpha value is -3.34. The smallest absolute Gasteiger partial charge is 0.126 e. The summed E-state index contributed by atoms with van der Waals surface area (Å²) < 4.78 is 36.8. The second kappa shape index (κ2) is 9.51. The zero-order valence-corrected chi connectivity index (χ0v) is 23.3. The van der Waals surface area contributed by atoms with Gasteiger partial charge in [-0.25, -0.2) is 8.78 Å². The number of para-hydroxylation sites is 1. The number of benzene rings is 4. The van der Waals surface area contributed by atoms with Crippen molar-refractivity contribution < 1.29 is 33.3 Å². The van der Waals surface area contributed by atoms with Crippen LogP contribution >= 0.6 is 0 Å². The van der Waals surface area contributed by atoms with Crippen LogP contribution in [0, 0.1) is 17.7 Å². The predicted molar refractivity (Wildman–Crippen MR) is 141 cm³/mol. The Morgan fingerprint density at radius 1 is 0.838 bits per heavy atom. The Labute approximate surface area is 227 Å². The molecule has 3 nitrogen and oxygen atoms in total. The monoisotopic (exact) mass is 672 g/mol. The SMILES string of the molecule is CC(C)c1cccc(C(C)C)c1-n1c(-c2[c-]ccc3c2oc2cc(F)ccc23)nc2ccc(F)cc21.[Ir]. The molecule has 1 radical (unpaired) electrons. The molecule has 189 valence electrons. The third-order valence-electron chi connectivity index (χ3n) is 6.80. The van der Waals surface area contributed by atoms with E-state index in [1.165, 1.54) is 24.3 Å². The molecule has 6 rings (SSSR count). The number of nitrogens with zero attached hydrogens (tertiary/aromatic N) is 2. The molecule has 6 heteroatoms. The minimum atomic E-state index is -0.359. The van der Waals surface area contributed by atoms with Crippen molar-refractivity contribution in [3.63, 3.8) is 0 Å². The third kappa shape index (κ3) is 4.09. The van der Waals surface area contributed by atoms with Gasteiger partial charge in [-0.05, 0) is 53.3 Å². The van der Waals surface area contributed by atoms with Gasteiger partial charge in [-0.2, -0.15) is 0 Å². The van der Waals surface area contributed by atoms with Crippen molar-refractivity contribution in [2.45, 2.75) is 39.5 Å². The van der Waals surface area contributed by atoms with Gasteiger partial charge in [0, 0.05) is 37.2 Å². The van der Waals surface area contributed by atoms with E-state index in [-0.39, 0.29) is 43.6 Å². The molecule has 0 aliphatic heterocycles. The first kappa shape index (κ1) is 25.3. The molecule has 0 aliphatic rings. The van der Waals surface area contributed by atoms with Crippen molar-refractivity contribution in [1.29, 1.82) is 0 Å². The van der Waals surface area contributed by atoms with Crippen LogP contribution in [0.25, 0.3) is 50.0 Å². The van der Waals surface area contributed by atoms with Crippen LogP contribution in [0.1, 0.15) is 50.7 Å². The summed E-state index contributed by atoms with van der Waals surface area (Å²) in [4.78, 5) is 4.97. The van der Waals surface area contributed by atoms with Gasteiger partial charge in [-0.1, -0.05) is 56.8 Å². The minimum absolute atomic E-state index is 0. The number of hydrogen-bond acceptors (Lipinski definition) is 2. The molecule has 2 aromatic heterocycles. The van der Waals surface area contributed by atoms with Gasteiger partial charge in [0.05, 0.1) is 22.4 Å². The number of furan rings is 1. The first-order valence-corrected chi connectivity index (χ1v) is 12.2. The molecule has 0 aliphatic carbocycles. The van der Waals surface area contributed by atoms with Crippen molar-refractivity contribution in [2.75, 3.05) is 0 Å². The van der Waals surface area contributed by atoms with Crippen molar-refractivity contribution in [1.82, 2.24) is 9.55 Å². The van der Waals surface area contributed by atoms with Gasteiger partial charge in [0.1, 0.15) is 17.2 Å². The standard InChI is InChI=1S/C31H25F2N2O.Ir/c1-17(2)21-7-5-8-22(18(3)4)29(21)35-27-15-19(32)12-14-26(27)34-31(35)25-10-6-9-24-23-13-11-20(33)16-28(23)36-30(24)25;/h5-9,11-18H,1-4H3;/q-1;. The Morgan fingerprint density at radius 3 is 2.22 bits per heavy atom. The minimum Gasteiger partial charge on any atom is -0.500 e. The van der Waals surface area contributed by atoms with Crippen LogP contribution in [0.5, 0.6) is 0 Å². The molecular formula is C31H25F2IrN2O-. The summed E-state index contributed by atoms with van der Waals surface area (Å²) in [6.07, 6.45) is 0. The zero-order chi connectivity index (χ0) is 25.1. The van der Waals surface area contributed by atoms with E-state index in [0.717, 1.165) is 27.6 Å².